The van der Waals surface area contributed by atoms with Crippen LogP contribution in [-0.4, -0.2) is 19.6 Å². The summed E-state index contributed by atoms with van der Waals surface area (Å²) in [5.74, 6) is 0.976. The average molecular weight is 282 g/mol. The van der Waals surface area contributed by atoms with E-state index in [0.717, 1.165) is 5.69 Å². The molecule has 0 saturated heterocycles. The minimum absolute atomic E-state index is 0.137. The van der Waals surface area contributed by atoms with Crippen molar-refractivity contribution < 1.29 is 0 Å². The summed E-state index contributed by atoms with van der Waals surface area (Å²) >= 11 is 0. The van der Waals surface area contributed by atoms with Gasteiger partial charge < -0.3 is 11.1 Å². The van der Waals surface area contributed by atoms with E-state index in [0.29, 0.717) is 17.4 Å². The van der Waals surface area contributed by atoms with E-state index in [9.17, 15) is 0 Å². The first-order chi connectivity index (χ1) is 9.95. The van der Waals surface area contributed by atoms with Crippen LogP contribution in [0.25, 0.3) is 5.65 Å². The number of nitrogens with one attached hydrogen (secondary N) is 1. The third kappa shape index (κ3) is 2.52. The van der Waals surface area contributed by atoms with Crippen LogP contribution >= 0.6 is 0 Å². The normalized spacial score (nSPS) is 11.8. The molecule has 0 bridgehead atoms. The maximum atomic E-state index is 5.74. The Morgan fingerprint density at radius 2 is 1.81 bits per heavy atom. The molecule has 2 aromatic heterocycles. The fourth-order valence-corrected chi connectivity index (χ4v) is 2.12. The van der Waals surface area contributed by atoms with Crippen molar-refractivity contribution in [3.8, 4) is 0 Å². The maximum absolute atomic E-state index is 5.74. The Bertz CT molecular complexity index is 767. The quantitative estimate of drug-likeness (QED) is 0.755. The maximum Gasteiger partial charge on any atom is 0.226 e. The van der Waals surface area contributed by atoms with Gasteiger partial charge in [-0.15, -0.1) is 10.2 Å². The lowest BCUT2D eigenvalue weighted by molar-refractivity contribution is 0.590. The molecule has 3 rings (SSSR count). The molecule has 3 aromatic rings. The first kappa shape index (κ1) is 13.4. The second kappa shape index (κ2) is 4.73. The van der Waals surface area contributed by atoms with Crippen LogP contribution in [-0.2, 0) is 5.41 Å². The molecule has 0 aliphatic heterocycles. The lowest BCUT2D eigenvalue weighted by atomic mass is 9.87. The van der Waals surface area contributed by atoms with Crippen molar-refractivity contribution in [2.24, 2.45) is 0 Å². The molecule has 21 heavy (non-hydrogen) atoms. The summed E-state index contributed by atoms with van der Waals surface area (Å²) in [5, 5.41) is 11.1. The van der Waals surface area contributed by atoms with E-state index < -0.39 is 0 Å². The van der Waals surface area contributed by atoms with Crippen LogP contribution in [0.4, 0.5) is 17.5 Å². The lowest BCUT2D eigenvalue weighted by Crippen LogP contribution is -2.10. The summed E-state index contributed by atoms with van der Waals surface area (Å²) in [6.07, 6.45) is 3.40. The third-order valence-electron chi connectivity index (χ3n) is 3.37. The molecule has 0 unspecified atom stereocenters. The number of rotatable bonds is 2. The first-order valence-electron chi connectivity index (χ1n) is 6.78. The van der Waals surface area contributed by atoms with Gasteiger partial charge in [-0.05, 0) is 23.1 Å². The van der Waals surface area contributed by atoms with E-state index in [4.69, 9.17) is 5.73 Å². The zero-order valence-electron chi connectivity index (χ0n) is 12.3. The Morgan fingerprint density at radius 1 is 1.10 bits per heavy atom. The molecule has 0 radical (unpaired) electrons. The van der Waals surface area contributed by atoms with Crippen molar-refractivity contribution >= 4 is 23.1 Å². The van der Waals surface area contributed by atoms with Crippen LogP contribution in [0.1, 0.15) is 26.3 Å². The first-order valence-corrected chi connectivity index (χ1v) is 6.78. The molecule has 0 atom stereocenters. The summed E-state index contributed by atoms with van der Waals surface area (Å²) in [6.45, 7) is 6.57. The monoisotopic (exact) mass is 282 g/mol. The largest absolute Gasteiger partial charge is 0.368 e. The number of hydrogen-bond acceptors (Lipinski definition) is 5. The highest BCUT2D eigenvalue weighted by Crippen LogP contribution is 2.25. The lowest BCUT2D eigenvalue weighted by Gasteiger charge is -2.19. The number of nitrogens with two attached hydrogens (primary N) is 1. The summed E-state index contributed by atoms with van der Waals surface area (Å²) in [7, 11) is 0. The van der Waals surface area contributed by atoms with Gasteiger partial charge in [-0.1, -0.05) is 32.9 Å². The Labute approximate surface area is 123 Å². The predicted octanol–water partition coefficient (Wildman–Crippen LogP) is 2.75. The van der Waals surface area contributed by atoms with Crippen molar-refractivity contribution in [3.05, 3.63) is 42.2 Å². The number of nitrogen functional groups attached to an aromatic ring is 1. The fraction of sp³-hybridized carbons (Fsp3) is 0.267. The van der Waals surface area contributed by atoms with Crippen LogP contribution in [0.3, 0.4) is 0 Å². The zero-order valence-corrected chi connectivity index (χ0v) is 12.3. The van der Waals surface area contributed by atoms with E-state index in [-0.39, 0.29) is 5.41 Å². The number of anilines is 3. The SMILES string of the molecule is CC(C)(C)c1ccc(Nc2nccn3c(N)nnc23)cc1. The molecule has 6 nitrogen and oxygen atoms in total. The molecule has 0 spiro atoms. The molecule has 1 aromatic carbocycles. The van der Waals surface area contributed by atoms with Gasteiger partial charge in [0, 0.05) is 18.1 Å². The minimum Gasteiger partial charge on any atom is -0.368 e. The van der Waals surface area contributed by atoms with Gasteiger partial charge in [0.15, 0.2) is 5.82 Å². The van der Waals surface area contributed by atoms with Crippen molar-refractivity contribution in [2.75, 3.05) is 11.1 Å². The predicted molar refractivity (Wildman–Crippen MR) is 83.6 cm³/mol. The molecule has 108 valence electrons. The number of hydrogen-bond donors (Lipinski definition) is 2. The topological polar surface area (TPSA) is 81.1 Å². The van der Waals surface area contributed by atoms with Gasteiger partial charge in [0.2, 0.25) is 11.6 Å². The second-order valence-corrected chi connectivity index (χ2v) is 5.98. The van der Waals surface area contributed by atoms with Crippen molar-refractivity contribution in [1.29, 1.82) is 0 Å². The average Bonchev–Trinajstić information content (AvgIpc) is 2.82. The molecule has 0 fully saturated rings. The van der Waals surface area contributed by atoms with E-state index in [1.807, 2.05) is 12.1 Å². The van der Waals surface area contributed by atoms with Crippen molar-refractivity contribution in [2.45, 2.75) is 26.2 Å². The third-order valence-corrected chi connectivity index (χ3v) is 3.37. The molecule has 2 heterocycles. The number of benzene rings is 1. The minimum atomic E-state index is 0.137. The van der Waals surface area contributed by atoms with Gasteiger partial charge >= 0.3 is 0 Å². The standard InChI is InChI=1S/C15H18N6/c1-15(2,3)10-4-6-11(7-5-10)18-12-13-19-20-14(16)21(13)9-8-17-12/h4-9H,1-3H3,(H2,16,20)(H,17,18). The highest BCUT2D eigenvalue weighted by atomic mass is 15.3. The van der Waals surface area contributed by atoms with Crippen LogP contribution in [0, 0.1) is 0 Å². The van der Waals surface area contributed by atoms with Gasteiger partial charge in [-0.2, -0.15) is 0 Å². The molecular formula is C15H18N6. The molecular weight excluding hydrogens is 264 g/mol. The summed E-state index contributed by atoms with van der Waals surface area (Å²) < 4.78 is 1.69. The second-order valence-electron chi connectivity index (χ2n) is 5.98. The summed E-state index contributed by atoms with van der Waals surface area (Å²) in [5.41, 5.74) is 8.72. The highest BCUT2D eigenvalue weighted by molar-refractivity contribution is 5.70. The van der Waals surface area contributed by atoms with Crippen molar-refractivity contribution in [1.82, 2.24) is 19.6 Å². The Balaban J connectivity index is 1.92. The molecule has 0 aliphatic rings. The summed E-state index contributed by atoms with van der Waals surface area (Å²) in [6, 6.07) is 8.29. The Kier molecular flexibility index (Phi) is 3.01. The Hall–Kier alpha value is -2.63. The Morgan fingerprint density at radius 3 is 2.48 bits per heavy atom. The van der Waals surface area contributed by atoms with Crippen molar-refractivity contribution in [3.63, 3.8) is 0 Å². The number of nitrogens with zero attached hydrogens (tertiary/aromatic N) is 4. The van der Waals surface area contributed by atoms with Crippen LogP contribution in [0.2, 0.25) is 0 Å². The van der Waals surface area contributed by atoms with Gasteiger partial charge in [-0.3, -0.25) is 4.40 Å². The van der Waals surface area contributed by atoms with E-state index in [2.05, 4.69) is 53.4 Å². The van der Waals surface area contributed by atoms with Crippen LogP contribution in [0.5, 0.6) is 0 Å². The highest BCUT2D eigenvalue weighted by Gasteiger charge is 2.13. The zero-order chi connectivity index (χ0) is 15.0. The molecule has 0 amide bonds. The smallest absolute Gasteiger partial charge is 0.226 e. The summed E-state index contributed by atoms with van der Waals surface area (Å²) in [4.78, 5) is 4.30. The van der Waals surface area contributed by atoms with Crippen LogP contribution < -0.4 is 11.1 Å². The van der Waals surface area contributed by atoms with Gasteiger partial charge in [0.25, 0.3) is 0 Å². The number of aromatic nitrogens is 4. The molecule has 0 saturated carbocycles. The molecule has 3 N–H and O–H groups in total. The van der Waals surface area contributed by atoms with Crippen LogP contribution in [0.15, 0.2) is 36.7 Å². The van der Waals surface area contributed by atoms with Gasteiger partial charge in [-0.25, -0.2) is 4.98 Å². The van der Waals surface area contributed by atoms with E-state index in [1.165, 1.54) is 5.56 Å². The van der Waals surface area contributed by atoms with Gasteiger partial charge in [0.05, 0.1) is 0 Å². The molecule has 0 aliphatic carbocycles. The fourth-order valence-electron chi connectivity index (χ4n) is 2.12. The van der Waals surface area contributed by atoms with E-state index in [1.54, 1.807) is 16.8 Å². The van der Waals surface area contributed by atoms with E-state index >= 15 is 0 Å². The van der Waals surface area contributed by atoms with Gasteiger partial charge in [0.1, 0.15) is 0 Å². The number of fused-ring (bicyclic) bond motifs is 1. The molecule has 6 heteroatoms.